The second kappa shape index (κ2) is 6.17. The summed E-state index contributed by atoms with van der Waals surface area (Å²) in [5.74, 6) is 0.540. The highest BCUT2D eigenvalue weighted by Gasteiger charge is 2.23. The SMILES string of the molecule is O=S(=O)(Cc1ccccc1)NCC1CCC(Br)C1. The molecule has 0 spiro atoms. The molecule has 1 saturated carbocycles. The predicted molar refractivity (Wildman–Crippen MR) is 77.1 cm³/mol. The van der Waals surface area contributed by atoms with E-state index < -0.39 is 10.0 Å². The number of hydrogen-bond acceptors (Lipinski definition) is 2. The second-order valence-electron chi connectivity index (χ2n) is 4.87. The summed E-state index contributed by atoms with van der Waals surface area (Å²) in [5.41, 5.74) is 0.829. The Hall–Kier alpha value is -0.390. The zero-order chi connectivity index (χ0) is 13.0. The van der Waals surface area contributed by atoms with E-state index in [0.29, 0.717) is 17.3 Å². The van der Waals surface area contributed by atoms with Gasteiger partial charge in [-0.3, -0.25) is 0 Å². The van der Waals surface area contributed by atoms with Gasteiger partial charge >= 0.3 is 0 Å². The van der Waals surface area contributed by atoms with Crippen molar-refractivity contribution in [2.75, 3.05) is 6.54 Å². The molecule has 1 fully saturated rings. The van der Waals surface area contributed by atoms with E-state index in [1.807, 2.05) is 30.3 Å². The average molecular weight is 332 g/mol. The molecule has 1 aliphatic rings. The van der Waals surface area contributed by atoms with Crippen LogP contribution in [0.3, 0.4) is 0 Å². The van der Waals surface area contributed by atoms with Crippen LogP contribution >= 0.6 is 15.9 Å². The topological polar surface area (TPSA) is 46.2 Å². The van der Waals surface area contributed by atoms with Crippen molar-refractivity contribution in [2.45, 2.75) is 29.8 Å². The molecule has 0 aliphatic heterocycles. The fourth-order valence-electron chi connectivity index (χ4n) is 2.29. The van der Waals surface area contributed by atoms with E-state index in [1.54, 1.807) is 0 Å². The molecule has 0 saturated heterocycles. The van der Waals surface area contributed by atoms with Crippen LogP contribution in [0.4, 0.5) is 0 Å². The first-order valence-corrected chi connectivity index (χ1v) is 8.77. The number of rotatable bonds is 5. The van der Waals surface area contributed by atoms with Crippen LogP contribution in [-0.4, -0.2) is 19.8 Å². The van der Waals surface area contributed by atoms with Crippen molar-refractivity contribution >= 4 is 26.0 Å². The molecule has 2 rings (SSSR count). The van der Waals surface area contributed by atoms with E-state index >= 15 is 0 Å². The minimum Gasteiger partial charge on any atom is -0.215 e. The summed E-state index contributed by atoms with van der Waals surface area (Å²) in [6.07, 6.45) is 3.31. The van der Waals surface area contributed by atoms with Gasteiger partial charge in [0.05, 0.1) is 5.75 Å². The molecular formula is C13H18BrNO2S. The van der Waals surface area contributed by atoms with Crippen molar-refractivity contribution in [2.24, 2.45) is 5.92 Å². The highest BCUT2D eigenvalue weighted by Crippen LogP contribution is 2.30. The first kappa shape index (κ1) is 14.0. The van der Waals surface area contributed by atoms with Crippen molar-refractivity contribution in [3.05, 3.63) is 35.9 Å². The molecule has 1 N–H and O–H groups in total. The van der Waals surface area contributed by atoms with E-state index in [4.69, 9.17) is 0 Å². The van der Waals surface area contributed by atoms with E-state index in [2.05, 4.69) is 20.7 Å². The van der Waals surface area contributed by atoms with Gasteiger partial charge in [-0.1, -0.05) is 46.3 Å². The molecule has 1 aromatic carbocycles. The summed E-state index contributed by atoms with van der Waals surface area (Å²) in [5, 5.41) is 0. The van der Waals surface area contributed by atoms with Crippen molar-refractivity contribution in [1.29, 1.82) is 0 Å². The molecule has 1 aliphatic carbocycles. The third-order valence-corrected chi connectivity index (χ3v) is 5.42. The Morgan fingerprint density at radius 2 is 1.94 bits per heavy atom. The zero-order valence-corrected chi connectivity index (χ0v) is 12.6. The Morgan fingerprint density at radius 1 is 1.22 bits per heavy atom. The van der Waals surface area contributed by atoms with Gasteiger partial charge in [-0.2, -0.15) is 0 Å². The van der Waals surface area contributed by atoms with Crippen LogP contribution in [0.15, 0.2) is 30.3 Å². The van der Waals surface area contributed by atoms with Gasteiger partial charge in [0.25, 0.3) is 0 Å². The van der Waals surface area contributed by atoms with Gasteiger partial charge in [-0.15, -0.1) is 0 Å². The fourth-order valence-corrected chi connectivity index (χ4v) is 4.30. The Bertz CT molecular complexity index is 475. The number of nitrogens with one attached hydrogen (secondary N) is 1. The summed E-state index contributed by atoms with van der Waals surface area (Å²) in [6, 6.07) is 9.28. The van der Waals surface area contributed by atoms with Crippen molar-refractivity contribution < 1.29 is 8.42 Å². The number of halogens is 1. The lowest BCUT2D eigenvalue weighted by Gasteiger charge is -2.11. The molecule has 100 valence electrons. The maximum atomic E-state index is 11.9. The smallest absolute Gasteiger partial charge is 0.215 e. The van der Waals surface area contributed by atoms with Gasteiger partial charge in [0, 0.05) is 11.4 Å². The lowest BCUT2D eigenvalue weighted by atomic mass is 10.1. The Kier molecular flexibility index (Phi) is 4.81. The van der Waals surface area contributed by atoms with Crippen LogP contribution in [0, 0.1) is 5.92 Å². The molecule has 0 aromatic heterocycles. The maximum Gasteiger partial charge on any atom is 0.215 e. The van der Waals surface area contributed by atoms with E-state index in [-0.39, 0.29) is 5.75 Å². The van der Waals surface area contributed by atoms with Gasteiger partial charge in [-0.05, 0) is 30.7 Å². The molecule has 0 heterocycles. The van der Waals surface area contributed by atoms with E-state index in [9.17, 15) is 8.42 Å². The largest absolute Gasteiger partial charge is 0.215 e. The minimum absolute atomic E-state index is 0.0678. The molecule has 0 bridgehead atoms. The molecule has 18 heavy (non-hydrogen) atoms. The Morgan fingerprint density at radius 3 is 2.56 bits per heavy atom. The number of alkyl halides is 1. The molecule has 5 heteroatoms. The fraction of sp³-hybridized carbons (Fsp3) is 0.538. The first-order chi connectivity index (χ1) is 8.55. The highest BCUT2D eigenvalue weighted by atomic mass is 79.9. The Labute approximate surface area is 117 Å². The van der Waals surface area contributed by atoms with Crippen LogP contribution in [0.1, 0.15) is 24.8 Å². The van der Waals surface area contributed by atoms with Crippen molar-refractivity contribution in [3.8, 4) is 0 Å². The van der Waals surface area contributed by atoms with Crippen LogP contribution in [-0.2, 0) is 15.8 Å². The summed E-state index contributed by atoms with van der Waals surface area (Å²) in [6.45, 7) is 0.567. The molecule has 2 unspecified atom stereocenters. The van der Waals surface area contributed by atoms with Crippen LogP contribution < -0.4 is 4.72 Å². The number of sulfonamides is 1. The van der Waals surface area contributed by atoms with Crippen molar-refractivity contribution in [3.63, 3.8) is 0 Å². The van der Waals surface area contributed by atoms with Crippen LogP contribution in [0.2, 0.25) is 0 Å². The molecule has 2 atom stereocenters. The van der Waals surface area contributed by atoms with Gasteiger partial charge in [0.1, 0.15) is 0 Å². The summed E-state index contributed by atoms with van der Waals surface area (Å²) < 4.78 is 26.6. The quantitative estimate of drug-likeness (QED) is 0.843. The molecular weight excluding hydrogens is 314 g/mol. The second-order valence-corrected chi connectivity index (χ2v) is 7.97. The summed E-state index contributed by atoms with van der Waals surface area (Å²) in [7, 11) is -3.20. The monoisotopic (exact) mass is 331 g/mol. The average Bonchev–Trinajstić information content (AvgIpc) is 2.74. The maximum absolute atomic E-state index is 11.9. The minimum atomic E-state index is -3.20. The van der Waals surface area contributed by atoms with Crippen LogP contribution in [0.5, 0.6) is 0 Å². The van der Waals surface area contributed by atoms with Crippen molar-refractivity contribution in [1.82, 2.24) is 4.72 Å². The van der Waals surface area contributed by atoms with Crippen LogP contribution in [0.25, 0.3) is 0 Å². The van der Waals surface area contributed by atoms with Gasteiger partial charge in [0.2, 0.25) is 10.0 Å². The predicted octanol–water partition coefficient (Wildman–Crippen LogP) is 2.67. The third kappa shape index (κ3) is 4.37. The lowest BCUT2D eigenvalue weighted by Crippen LogP contribution is -2.29. The zero-order valence-electron chi connectivity index (χ0n) is 10.2. The first-order valence-electron chi connectivity index (χ1n) is 6.20. The normalized spacial score (nSPS) is 24.3. The lowest BCUT2D eigenvalue weighted by molar-refractivity contribution is 0.520. The standard InChI is InChI=1S/C13H18BrNO2S/c14-13-7-6-12(8-13)9-15-18(16,17)10-11-4-2-1-3-5-11/h1-5,12-13,15H,6-10H2. The van der Waals surface area contributed by atoms with E-state index in [0.717, 1.165) is 24.8 Å². The van der Waals surface area contributed by atoms with Gasteiger partial charge in [-0.25, -0.2) is 13.1 Å². The summed E-state index contributed by atoms with van der Waals surface area (Å²) in [4.78, 5) is 0.557. The molecule has 0 radical (unpaired) electrons. The molecule has 3 nitrogen and oxygen atoms in total. The molecule has 1 aromatic rings. The molecule has 0 amide bonds. The van der Waals surface area contributed by atoms with Gasteiger partial charge < -0.3 is 0 Å². The van der Waals surface area contributed by atoms with Gasteiger partial charge in [0.15, 0.2) is 0 Å². The third-order valence-electron chi connectivity index (χ3n) is 3.27. The van der Waals surface area contributed by atoms with E-state index in [1.165, 1.54) is 0 Å². The Balaban J connectivity index is 1.84. The highest BCUT2D eigenvalue weighted by molar-refractivity contribution is 9.09. The number of benzene rings is 1. The number of hydrogen-bond donors (Lipinski definition) is 1. The summed E-state index contributed by atoms with van der Waals surface area (Å²) >= 11 is 3.58.